The Bertz CT molecular complexity index is 655. The molecule has 4 nitrogen and oxygen atoms in total. The van der Waals surface area contributed by atoms with E-state index in [1.54, 1.807) is 42.5 Å². The summed E-state index contributed by atoms with van der Waals surface area (Å²) in [5.41, 5.74) is 1.99. The van der Waals surface area contributed by atoms with Crippen LogP contribution in [0.15, 0.2) is 42.5 Å². The number of aliphatic hydroxyl groups excluding tert-OH is 1. The van der Waals surface area contributed by atoms with Gasteiger partial charge in [-0.25, -0.2) is 0 Å². The summed E-state index contributed by atoms with van der Waals surface area (Å²) in [6, 6.07) is 12.2. The number of amides is 1. The van der Waals surface area contributed by atoms with E-state index >= 15 is 0 Å². The standard InChI is InChI=1S/C15H12ClNO3/c16-11-4-1-9(2-5-11)15(19)10-3-6-13-12(7-10)17-14(18)8-20-13/h1-7,15,19H,8H2,(H,17,18). The molecule has 0 aliphatic carbocycles. The summed E-state index contributed by atoms with van der Waals surface area (Å²) in [5.74, 6) is 0.410. The van der Waals surface area contributed by atoms with Gasteiger partial charge in [-0.15, -0.1) is 0 Å². The predicted molar refractivity (Wildman–Crippen MR) is 76.1 cm³/mol. The van der Waals surface area contributed by atoms with E-state index in [-0.39, 0.29) is 12.5 Å². The topological polar surface area (TPSA) is 58.6 Å². The van der Waals surface area contributed by atoms with Crippen molar-refractivity contribution in [2.75, 3.05) is 11.9 Å². The number of hydrogen-bond donors (Lipinski definition) is 2. The number of aliphatic hydroxyl groups is 1. The minimum Gasteiger partial charge on any atom is -0.482 e. The van der Waals surface area contributed by atoms with Crippen LogP contribution in [0.4, 0.5) is 5.69 Å². The van der Waals surface area contributed by atoms with Crippen LogP contribution in [0.25, 0.3) is 0 Å². The molecule has 1 aliphatic rings. The van der Waals surface area contributed by atoms with Crippen LogP contribution in [0.2, 0.25) is 5.02 Å². The molecule has 2 N–H and O–H groups in total. The summed E-state index contributed by atoms with van der Waals surface area (Å²) in [5, 5.41) is 13.7. The molecule has 0 saturated carbocycles. The normalized spacial score (nSPS) is 15.0. The van der Waals surface area contributed by atoms with Gasteiger partial charge >= 0.3 is 0 Å². The van der Waals surface area contributed by atoms with Gasteiger partial charge < -0.3 is 15.2 Å². The number of ether oxygens (including phenoxy) is 1. The van der Waals surface area contributed by atoms with Crippen LogP contribution < -0.4 is 10.1 Å². The van der Waals surface area contributed by atoms with Crippen molar-refractivity contribution in [2.45, 2.75) is 6.10 Å². The molecular weight excluding hydrogens is 278 g/mol. The van der Waals surface area contributed by atoms with Crippen molar-refractivity contribution in [2.24, 2.45) is 0 Å². The molecule has 2 aromatic carbocycles. The van der Waals surface area contributed by atoms with Gasteiger partial charge in [-0.2, -0.15) is 0 Å². The second kappa shape index (κ2) is 5.15. The van der Waals surface area contributed by atoms with Crippen molar-refractivity contribution in [3.63, 3.8) is 0 Å². The van der Waals surface area contributed by atoms with Gasteiger partial charge in [-0.05, 0) is 35.4 Å². The molecular formula is C15H12ClNO3. The Morgan fingerprint density at radius 3 is 2.60 bits per heavy atom. The molecule has 0 spiro atoms. The number of carbonyl (C=O) groups excluding carboxylic acids is 1. The van der Waals surface area contributed by atoms with Crippen molar-refractivity contribution in [1.29, 1.82) is 0 Å². The molecule has 0 bridgehead atoms. The smallest absolute Gasteiger partial charge is 0.262 e. The van der Waals surface area contributed by atoms with Crippen molar-refractivity contribution >= 4 is 23.2 Å². The number of anilines is 1. The maximum Gasteiger partial charge on any atom is 0.262 e. The second-order valence-corrected chi connectivity index (χ2v) is 4.98. The molecule has 1 aliphatic heterocycles. The van der Waals surface area contributed by atoms with E-state index in [0.29, 0.717) is 22.0 Å². The zero-order chi connectivity index (χ0) is 14.1. The molecule has 1 atom stereocenters. The maximum absolute atomic E-state index is 11.3. The minimum atomic E-state index is -0.781. The van der Waals surface area contributed by atoms with E-state index in [4.69, 9.17) is 16.3 Å². The Kier molecular flexibility index (Phi) is 3.34. The molecule has 3 rings (SSSR count). The molecule has 1 amide bonds. The number of hydrogen-bond acceptors (Lipinski definition) is 3. The summed E-state index contributed by atoms with van der Waals surface area (Å²) in [4.78, 5) is 11.3. The SMILES string of the molecule is O=C1COc2ccc(C(O)c3ccc(Cl)cc3)cc2N1. The highest BCUT2D eigenvalue weighted by Gasteiger charge is 2.18. The highest BCUT2D eigenvalue weighted by Crippen LogP contribution is 2.32. The van der Waals surface area contributed by atoms with Gasteiger partial charge in [-0.3, -0.25) is 4.79 Å². The van der Waals surface area contributed by atoms with Crippen LogP contribution in [0.5, 0.6) is 5.75 Å². The molecule has 0 radical (unpaired) electrons. The van der Waals surface area contributed by atoms with E-state index in [1.807, 2.05) is 0 Å². The fourth-order valence-corrected chi connectivity index (χ4v) is 2.23. The van der Waals surface area contributed by atoms with E-state index < -0.39 is 6.10 Å². The Morgan fingerprint density at radius 1 is 1.15 bits per heavy atom. The van der Waals surface area contributed by atoms with Gasteiger partial charge in [-0.1, -0.05) is 29.8 Å². The third-order valence-electron chi connectivity index (χ3n) is 3.14. The van der Waals surface area contributed by atoms with Crippen LogP contribution in [0.3, 0.4) is 0 Å². The number of rotatable bonds is 2. The Morgan fingerprint density at radius 2 is 1.85 bits per heavy atom. The van der Waals surface area contributed by atoms with Crippen molar-refractivity contribution in [3.05, 3.63) is 58.6 Å². The lowest BCUT2D eigenvalue weighted by Gasteiger charge is -2.20. The highest BCUT2D eigenvalue weighted by molar-refractivity contribution is 6.30. The van der Waals surface area contributed by atoms with E-state index in [0.717, 1.165) is 5.56 Å². The monoisotopic (exact) mass is 289 g/mol. The van der Waals surface area contributed by atoms with Gasteiger partial charge in [0, 0.05) is 5.02 Å². The van der Waals surface area contributed by atoms with E-state index in [2.05, 4.69) is 5.32 Å². The van der Waals surface area contributed by atoms with Gasteiger partial charge in [0.2, 0.25) is 0 Å². The molecule has 0 fully saturated rings. The molecule has 1 unspecified atom stereocenters. The lowest BCUT2D eigenvalue weighted by molar-refractivity contribution is -0.118. The van der Waals surface area contributed by atoms with Crippen LogP contribution in [0, 0.1) is 0 Å². The van der Waals surface area contributed by atoms with Crippen LogP contribution in [-0.2, 0) is 4.79 Å². The van der Waals surface area contributed by atoms with E-state index in [9.17, 15) is 9.90 Å². The summed E-state index contributed by atoms with van der Waals surface area (Å²) < 4.78 is 5.28. The Hall–Kier alpha value is -2.04. The van der Waals surface area contributed by atoms with Crippen molar-refractivity contribution in [3.8, 4) is 5.75 Å². The zero-order valence-electron chi connectivity index (χ0n) is 10.5. The number of carbonyl (C=O) groups is 1. The molecule has 0 saturated heterocycles. The molecule has 102 valence electrons. The first kappa shape index (κ1) is 13.0. The predicted octanol–water partition coefficient (Wildman–Crippen LogP) is 2.75. The molecule has 2 aromatic rings. The molecule has 1 heterocycles. The summed E-state index contributed by atoms with van der Waals surface area (Å²) in [7, 11) is 0. The molecule has 0 aromatic heterocycles. The number of nitrogens with one attached hydrogen (secondary N) is 1. The van der Waals surface area contributed by atoms with Crippen LogP contribution >= 0.6 is 11.6 Å². The second-order valence-electron chi connectivity index (χ2n) is 4.55. The lowest BCUT2D eigenvalue weighted by Crippen LogP contribution is -2.25. The summed E-state index contributed by atoms with van der Waals surface area (Å²) in [6.07, 6.45) is -0.781. The summed E-state index contributed by atoms with van der Waals surface area (Å²) in [6.45, 7) is 0.0199. The van der Waals surface area contributed by atoms with Crippen LogP contribution in [-0.4, -0.2) is 17.6 Å². The van der Waals surface area contributed by atoms with Gasteiger partial charge in [0.1, 0.15) is 11.9 Å². The van der Waals surface area contributed by atoms with Crippen molar-refractivity contribution < 1.29 is 14.6 Å². The Labute approximate surface area is 120 Å². The molecule has 20 heavy (non-hydrogen) atoms. The average Bonchev–Trinajstić information content (AvgIpc) is 2.46. The number of benzene rings is 2. The zero-order valence-corrected chi connectivity index (χ0v) is 11.2. The third-order valence-corrected chi connectivity index (χ3v) is 3.39. The van der Waals surface area contributed by atoms with Gasteiger partial charge in [0.15, 0.2) is 6.61 Å². The van der Waals surface area contributed by atoms with Crippen molar-refractivity contribution in [1.82, 2.24) is 0 Å². The van der Waals surface area contributed by atoms with Gasteiger partial charge in [0.05, 0.1) is 5.69 Å². The maximum atomic E-state index is 11.3. The third kappa shape index (κ3) is 2.48. The first-order valence-corrected chi connectivity index (χ1v) is 6.51. The summed E-state index contributed by atoms with van der Waals surface area (Å²) >= 11 is 5.83. The Balaban J connectivity index is 1.92. The fourth-order valence-electron chi connectivity index (χ4n) is 2.11. The number of fused-ring (bicyclic) bond motifs is 1. The first-order valence-electron chi connectivity index (χ1n) is 6.13. The minimum absolute atomic E-state index is 0.0199. The van der Waals surface area contributed by atoms with Gasteiger partial charge in [0.25, 0.3) is 5.91 Å². The average molecular weight is 290 g/mol. The highest BCUT2D eigenvalue weighted by atomic mass is 35.5. The van der Waals surface area contributed by atoms with E-state index in [1.165, 1.54) is 0 Å². The quantitative estimate of drug-likeness (QED) is 0.894. The first-order chi connectivity index (χ1) is 9.63. The largest absolute Gasteiger partial charge is 0.482 e. The fraction of sp³-hybridized carbons (Fsp3) is 0.133. The van der Waals surface area contributed by atoms with Crippen LogP contribution in [0.1, 0.15) is 17.2 Å². The molecule has 5 heteroatoms. The lowest BCUT2D eigenvalue weighted by atomic mass is 10.0. The number of halogens is 1.